The zero-order valence-electron chi connectivity index (χ0n) is 56.1. The van der Waals surface area contributed by atoms with E-state index >= 15 is 0 Å². The molecule has 0 aliphatic carbocycles. The number of esters is 3. The number of allylic oxidation sites excluding steroid dienone is 2. The van der Waals surface area contributed by atoms with Gasteiger partial charge >= 0.3 is 17.9 Å². The van der Waals surface area contributed by atoms with Crippen molar-refractivity contribution < 1.29 is 28.6 Å². The summed E-state index contributed by atoms with van der Waals surface area (Å²) in [5.74, 6) is -0.844. The Labute approximate surface area is 513 Å². The molecule has 1 atom stereocenters. The van der Waals surface area contributed by atoms with Gasteiger partial charge in [-0.2, -0.15) is 0 Å². The van der Waals surface area contributed by atoms with Crippen molar-refractivity contribution in [3.8, 4) is 0 Å². The van der Waals surface area contributed by atoms with Crippen LogP contribution < -0.4 is 0 Å². The van der Waals surface area contributed by atoms with E-state index in [1.165, 1.54) is 334 Å². The third-order valence-electron chi connectivity index (χ3n) is 17.5. The molecule has 1 unspecified atom stereocenters. The SMILES string of the molecule is CCCCCCCCCC/C=C\CCCCCCCCCCCCCCCCCCCCCCCCCC(=O)OCC(COC(=O)CCCCCCC)OC(=O)CCCCCCCCCCCCCCCCCCCCCCCCCC. The minimum atomic E-state index is -0.762. The van der Waals surface area contributed by atoms with Crippen molar-refractivity contribution in [3.63, 3.8) is 0 Å². The predicted octanol–water partition coefficient (Wildman–Crippen LogP) is 26.0. The Bertz CT molecular complexity index is 1280. The van der Waals surface area contributed by atoms with Crippen LogP contribution in [-0.2, 0) is 28.6 Å². The third kappa shape index (κ3) is 68.9. The van der Waals surface area contributed by atoms with Gasteiger partial charge in [0.1, 0.15) is 13.2 Å². The monoisotopic (exact) mass is 1160 g/mol. The normalized spacial score (nSPS) is 12.0. The molecule has 486 valence electrons. The summed E-state index contributed by atoms with van der Waals surface area (Å²) in [7, 11) is 0. The van der Waals surface area contributed by atoms with E-state index in [9.17, 15) is 14.4 Å². The van der Waals surface area contributed by atoms with Crippen LogP contribution in [0, 0.1) is 0 Å². The van der Waals surface area contributed by atoms with Crippen molar-refractivity contribution in [1.82, 2.24) is 0 Å². The summed E-state index contributed by atoms with van der Waals surface area (Å²) in [6, 6.07) is 0. The number of carbonyl (C=O) groups excluding carboxylic acids is 3. The van der Waals surface area contributed by atoms with E-state index in [1.54, 1.807) is 0 Å². The van der Waals surface area contributed by atoms with Crippen molar-refractivity contribution in [2.75, 3.05) is 13.2 Å². The second-order valence-corrected chi connectivity index (χ2v) is 25.9. The Hall–Kier alpha value is -1.85. The predicted molar refractivity (Wildman–Crippen MR) is 358 cm³/mol. The fourth-order valence-electron chi connectivity index (χ4n) is 11.9. The van der Waals surface area contributed by atoms with Gasteiger partial charge in [0.25, 0.3) is 0 Å². The Morgan fingerprint density at radius 2 is 0.402 bits per heavy atom. The molecule has 0 fully saturated rings. The van der Waals surface area contributed by atoms with Crippen LogP contribution in [0.15, 0.2) is 12.2 Å². The van der Waals surface area contributed by atoms with Crippen LogP contribution in [0.25, 0.3) is 0 Å². The van der Waals surface area contributed by atoms with Gasteiger partial charge in [0.2, 0.25) is 0 Å². The van der Waals surface area contributed by atoms with E-state index in [-0.39, 0.29) is 31.1 Å². The summed E-state index contributed by atoms with van der Waals surface area (Å²) in [5.41, 5.74) is 0. The first-order valence-corrected chi connectivity index (χ1v) is 37.7. The van der Waals surface area contributed by atoms with Gasteiger partial charge in [-0.05, 0) is 44.9 Å². The summed E-state index contributed by atoms with van der Waals surface area (Å²) in [6.07, 6.45) is 87.6. The fraction of sp³-hybridized carbons (Fsp3) is 0.934. The second-order valence-electron chi connectivity index (χ2n) is 25.9. The maximum Gasteiger partial charge on any atom is 0.306 e. The molecule has 0 amide bonds. The molecule has 0 radical (unpaired) electrons. The van der Waals surface area contributed by atoms with Crippen LogP contribution in [0.4, 0.5) is 0 Å². The summed E-state index contributed by atoms with van der Waals surface area (Å²) in [6.45, 7) is 6.65. The van der Waals surface area contributed by atoms with Crippen molar-refractivity contribution >= 4 is 17.9 Å². The van der Waals surface area contributed by atoms with E-state index in [2.05, 4.69) is 32.9 Å². The van der Waals surface area contributed by atoms with Gasteiger partial charge < -0.3 is 14.2 Å². The molecular formula is C76H146O6. The fourth-order valence-corrected chi connectivity index (χ4v) is 11.9. The Morgan fingerprint density at radius 3 is 0.610 bits per heavy atom. The highest BCUT2D eigenvalue weighted by Gasteiger charge is 2.20. The van der Waals surface area contributed by atoms with Crippen LogP contribution in [0.1, 0.15) is 438 Å². The summed E-state index contributed by atoms with van der Waals surface area (Å²) >= 11 is 0. The topological polar surface area (TPSA) is 78.9 Å². The lowest BCUT2D eigenvalue weighted by atomic mass is 10.0. The third-order valence-corrected chi connectivity index (χ3v) is 17.5. The molecule has 82 heavy (non-hydrogen) atoms. The van der Waals surface area contributed by atoms with Gasteiger partial charge in [0, 0.05) is 19.3 Å². The maximum absolute atomic E-state index is 12.9. The molecule has 0 aromatic heterocycles. The Balaban J connectivity index is 3.84. The Morgan fingerprint density at radius 1 is 0.232 bits per heavy atom. The van der Waals surface area contributed by atoms with Crippen LogP contribution in [-0.4, -0.2) is 37.2 Å². The maximum atomic E-state index is 12.9. The van der Waals surface area contributed by atoms with Gasteiger partial charge in [-0.1, -0.05) is 386 Å². The minimum absolute atomic E-state index is 0.0632. The molecule has 0 saturated carbocycles. The second kappa shape index (κ2) is 71.6. The van der Waals surface area contributed by atoms with Gasteiger partial charge in [-0.25, -0.2) is 0 Å². The quantitative estimate of drug-likeness (QED) is 0.0261. The molecule has 0 rings (SSSR count). The van der Waals surface area contributed by atoms with E-state index < -0.39 is 6.10 Å². The van der Waals surface area contributed by atoms with E-state index in [0.29, 0.717) is 19.3 Å². The number of hydrogen-bond acceptors (Lipinski definition) is 6. The lowest BCUT2D eigenvalue weighted by Gasteiger charge is -2.18. The zero-order chi connectivity index (χ0) is 59.2. The first-order chi connectivity index (χ1) is 40.5. The molecule has 0 heterocycles. The average Bonchev–Trinajstić information content (AvgIpc) is 3.48. The van der Waals surface area contributed by atoms with E-state index in [4.69, 9.17) is 14.2 Å². The summed E-state index contributed by atoms with van der Waals surface area (Å²) < 4.78 is 16.8. The number of unbranched alkanes of at least 4 members (excludes halogenated alkanes) is 58. The highest BCUT2D eigenvalue weighted by atomic mass is 16.6. The molecule has 0 aliphatic rings. The highest BCUT2D eigenvalue weighted by Crippen LogP contribution is 2.20. The molecule has 6 nitrogen and oxygen atoms in total. The van der Waals surface area contributed by atoms with Crippen molar-refractivity contribution in [2.24, 2.45) is 0 Å². The van der Waals surface area contributed by atoms with Crippen LogP contribution in [0.3, 0.4) is 0 Å². The molecule has 0 aliphatic heterocycles. The van der Waals surface area contributed by atoms with Gasteiger partial charge in [-0.15, -0.1) is 0 Å². The van der Waals surface area contributed by atoms with Crippen LogP contribution in [0.5, 0.6) is 0 Å². The highest BCUT2D eigenvalue weighted by molar-refractivity contribution is 5.71. The molecule has 0 saturated heterocycles. The van der Waals surface area contributed by atoms with Crippen molar-refractivity contribution in [2.45, 2.75) is 444 Å². The molecular weight excluding hydrogens is 1010 g/mol. The molecule has 0 bridgehead atoms. The first-order valence-electron chi connectivity index (χ1n) is 37.7. The van der Waals surface area contributed by atoms with E-state index in [1.807, 2.05) is 0 Å². The molecule has 0 N–H and O–H groups in total. The van der Waals surface area contributed by atoms with Crippen LogP contribution in [0.2, 0.25) is 0 Å². The Kier molecular flexibility index (Phi) is 70.0. The number of carbonyl (C=O) groups is 3. The van der Waals surface area contributed by atoms with Crippen LogP contribution >= 0.6 is 0 Å². The molecule has 0 aromatic rings. The molecule has 0 spiro atoms. The smallest absolute Gasteiger partial charge is 0.306 e. The number of rotatable bonds is 71. The van der Waals surface area contributed by atoms with Gasteiger partial charge in [0.05, 0.1) is 0 Å². The van der Waals surface area contributed by atoms with Crippen molar-refractivity contribution in [1.29, 1.82) is 0 Å². The first kappa shape index (κ1) is 80.2. The summed E-state index contributed by atoms with van der Waals surface area (Å²) in [4.78, 5) is 38.0. The zero-order valence-corrected chi connectivity index (χ0v) is 56.1. The minimum Gasteiger partial charge on any atom is -0.462 e. The summed E-state index contributed by atoms with van der Waals surface area (Å²) in [5, 5.41) is 0. The standard InChI is InChI=1S/C76H146O6/c1-4-7-10-13-15-17-19-21-23-25-27-29-31-33-34-35-36-37-38-39-40-41-42-43-45-46-48-50-52-54-56-58-60-63-66-69-75(78)81-72-73(71-80-74(77)68-65-62-12-9-6-3)82-76(79)70-67-64-61-59-57-55-53-51-49-47-44-32-30-28-26-24-22-20-18-16-14-11-8-5-2/h25,27,73H,4-24,26,28-72H2,1-3H3/b27-25-. The lowest BCUT2D eigenvalue weighted by molar-refractivity contribution is -0.167. The van der Waals surface area contributed by atoms with Crippen molar-refractivity contribution in [3.05, 3.63) is 12.2 Å². The van der Waals surface area contributed by atoms with E-state index in [0.717, 1.165) is 64.2 Å². The number of ether oxygens (including phenoxy) is 3. The molecule has 0 aromatic carbocycles. The largest absolute Gasteiger partial charge is 0.462 e. The lowest BCUT2D eigenvalue weighted by Crippen LogP contribution is -2.30. The number of hydrogen-bond donors (Lipinski definition) is 0. The van der Waals surface area contributed by atoms with Gasteiger partial charge in [-0.3, -0.25) is 14.4 Å². The van der Waals surface area contributed by atoms with Gasteiger partial charge in [0.15, 0.2) is 6.10 Å². The molecule has 6 heteroatoms. The average molecular weight is 1160 g/mol.